The number of carboxylic acid groups (broad SMARTS) is 1. The Morgan fingerprint density at radius 1 is 1.00 bits per heavy atom. The number of para-hydroxylation sites is 1. The van der Waals surface area contributed by atoms with Crippen LogP contribution in [0.1, 0.15) is 58.8 Å². The van der Waals surface area contributed by atoms with E-state index in [4.69, 9.17) is 14.2 Å². The van der Waals surface area contributed by atoms with Gasteiger partial charge in [0.2, 0.25) is 0 Å². The Labute approximate surface area is 151 Å². The lowest BCUT2D eigenvalue weighted by Crippen LogP contribution is -2.48. The average Bonchev–Trinajstić information content (AvgIpc) is 2.62. The Balaban J connectivity index is 2.68. The Bertz CT molecular complexity index is 462. The van der Waals surface area contributed by atoms with Crippen LogP contribution in [0, 0.1) is 0 Å². The molecule has 0 aliphatic heterocycles. The van der Waals surface area contributed by atoms with E-state index in [-0.39, 0.29) is 6.61 Å². The first-order chi connectivity index (χ1) is 12.1. The van der Waals surface area contributed by atoms with Crippen LogP contribution in [0.5, 0.6) is 5.75 Å². The van der Waals surface area contributed by atoms with E-state index in [1.807, 2.05) is 25.1 Å². The van der Waals surface area contributed by atoms with Gasteiger partial charge in [0.05, 0.1) is 13.2 Å². The van der Waals surface area contributed by atoms with E-state index in [1.54, 1.807) is 12.1 Å². The molecule has 142 valence electrons. The van der Waals surface area contributed by atoms with Gasteiger partial charge in [0.25, 0.3) is 0 Å². The summed E-state index contributed by atoms with van der Waals surface area (Å²) in [5, 5.41) is 9.79. The maximum absolute atomic E-state index is 12.0. The van der Waals surface area contributed by atoms with Gasteiger partial charge in [0.15, 0.2) is 0 Å². The van der Waals surface area contributed by atoms with Crippen molar-refractivity contribution in [2.24, 2.45) is 0 Å². The maximum atomic E-state index is 12.0. The van der Waals surface area contributed by atoms with E-state index in [9.17, 15) is 9.90 Å². The lowest BCUT2D eigenvalue weighted by Gasteiger charge is -2.30. The molecule has 0 aromatic heterocycles. The SMILES string of the molecule is CCCCCCCCC(OCCOCC)(Oc1ccccc1)C(=O)O. The van der Waals surface area contributed by atoms with Gasteiger partial charge in [-0.15, -0.1) is 0 Å². The Kier molecular flexibility index (Phi) is 10.9. The highest BCUT2D eigenvalue weighted by Gasteiger charge is 2.42. The van der Waals surface area contributed by atoms with Gasteiger partial charge < -0.3 is 19.3 Å². The summed E-state index contributed by atoms with van der Waals surface area (Å²) >= 11 is 0. The van der Waals surface area contributed by atoms with Gasteiger partial charge in [-0.3, -0.25) is 0 Å². The molecule has 1 N–H and O–H groups in total. The van der Waals surface area contributed by atoms with Crippen molar-refractivity contribution in [2.45, 2.75) is 64.6 Å². The van der Waals surface area contributed by atoms with E-state index in [1.165, 1.54) is 19.3 Å². The molecule has 5 heteroatoms. The molecule has 0 spiro atoms. The van der Waals surface area contributed by atoms with Crippen LogP contribution in [0.3, 0.4) is 0 Å². The first-order valence-corrected chi connectivity index (χ1v) is 9.33. The van der Waals surface area contributed by atoms with Crippen molar-refractivity contribution >= 4 is 5.97 Å². The van der Waals surface area contributed by atoms with Crippen molar-refractivity contribution in [2.75, 3.05) is 19.8 Å². The number of carbonyl (C=O) groups is 1. The molecule has 0 saturated heterocycles. The van der Waals surface area contributed by atoms with E-state index in [2.05, 4.69) is 6.92 Å². The molecule has 5 nitrogen and oxygen atoms in total. The molecule has 0 aliphatic carbocycles. The van der Waals surface area contributed by atoms with Crippen molar-refractivity contribution in [3.63, 3.8) is 0 Å². The minimum absolute atomic E-state index is 0.183. The number of hydrogen-bond acceptors (Lipinski definition) is 4. The van der Waals surface area contributed by atoms with Gasteiger partial charge in [-0.2, -0.15) is 0 Å². The second-order valence-corrected chi connectivity index (χ2v) is 6.04. The second-order valence-electron chi connectivity index (χ2n) is 6.04. The summed E-state index contributed by atoms with van der Waals surface area (Å²) in [4.78, 5) is 12.0. The zero-order chi connectivity index (χ0) is 18.4. The first kappa shape index (κ1) is 21.5. The highest BCUT2D eigenvalue weighted by molar-refractivity contribution is 5.76. The Hall–Kier alpha value is -1.59. The molecule has 0 radical (unpaired) electrons. The first-order valence-electron chi connectivity index (χ1n) is 9.33. The topological polar surface area (TPSA) is 65.0 Å². The number of unbranched alkanes of at least 4 members (excludes halogenated alkanes) is 5. The number of rotatable bonds is 15. The second kappa shape index (κ2) is 12.7. The van der Waals surface area contributed by atoms with E-state index in [0.29, 0.717) is 25.4 Å². The minimum atomic E-state index is -1.66. The molecule has 0 aliphatic rings. The van der Waals surface area contributed by atoms with Crippen LogP contribution in [-0.4, -0.2) is 36.7 Å². The Morgan fingerprint density at radius 3 is 2.32 bits per heavy atom. The summed E-state index contributed by atoms with van der Waals surface area (Å²) in [5.74, 6) is -2.27. The average molecular weight is 352 g/mol. The summed E-state index contributed by atoms with van der Waals surface area (Å²) in [7, 11) is 0. The van der Waals surface area contributed by atoms with Crippen molar-refractivity contribution in [3.8, 4) is 5.75 Å². The third-order valence-corrected chi connectivity index (χ3v) is 3.98. The van der Waals surface area contributed by atoms with Crippen molar-refractivity contribution < 1.29 is 24.1 Å². The number of aliphatic carboxylic acids is 1. The summed E-state index contributed by atoms with van der Waals surface area (Å²) < 4.78 is 16.7. The summed E-state index contributed by atoms with van der Waals surface area (Å²) in [6.45, 7) is 5.17. The molecule has 1 aromatic carbocycles. The van der Waals surface area contributed by atoms with Crippen molar-refractivity contribution in [1.82, 2.24) is 0 Å². The molecule has 1 rings (SSSR count). The molecule has 0 saturated carbocycles. The lowest BCUT2D eigenvalue weighted by atomic mass is 10.0. The fraction of sp³-hybridized carbons (Fsp3) is 0.650. The number of hydrogen-bond donors (Lipinski definition) is 1. The summed E-state index contributed by atoms with van der Waals surface area (Å²) in [6.07, 6.45) is 6.73. The summed E-state index contributed by atoms with van der Waals surface area (Å²) in [5.41, 5.74) is 0. The largest absolute Gasteiger partial charge is 0.476 e. The standard InChI is InChI=1S/C20H32O5/c1-3-5-6-7-8-12-15-20(19(21)22,24-17-16-23-4-2)25-18-13-10-9-11-14-18/h9-11,13-14H,3-8,12,15-17H2,1-2H3,(H,21,22). The molecular weight excluding hydrogens is 320 g/mol. The fourth-order valence-corrected chi connectivity index (χ4v) is 2.59. The molecule has 1 unspecified atom stereocenters. The van der Waals surface area contributed by atoms with Crippen LogP contribution in [0.15, 0.2) is 30.3 Å². The molecule has 25 heavy (non-hydrogen) atoms. The maximum Gasteiger partial charge on any atom is 0.377 e. The molecular formula is C20H32O5. The predicted octanol–water partition coefficient (Wildman–Crippen LogP) is 4.65. The van der Waals surface area contributed by atoms with Crippen LogP contribution in [0.2, 0.25) is 0 Å². The zero-order valence-corrected chi connectivity index (χ0v) is 15.5. The molecule has 0 bridgehead atoms. The fourth-order valence-electron chi connectivity index (χ4n) is 2.59. The smallest absolute Gasteiger partial charge is 0.377 e. The van der Waals surface area contributed by atoms with Gasteiger partial charge in [0.1, 0.15) is 5.75 Å². The molecule has 0 amide bonds. The highest BCUT2D eigenvalue weighted by atomic mass is 16.7. The van der Waals surface area contributed by atoms with Crippen LogP contribution in [0.25, 0.3) is 0 Å². The van der Waals surface area contributed by atoms with Crippen LogP contribution in [0.4, 0.5) is 0 Å². The third kappa shape index (κ3) is 8.36. The van der Waals surface area contributed by atoms with Crippen molar-refractivity contribution in [3.05, 3.63) is 30.3 Å². The third-order valence-electron chi connectivity index (χ3n) is 3.98. The number of benzene rings is 1. The zero-order valence-electron chi connectivity index (χ0n) is 15.5. The van der Waals surface area contributed by atoms with Gasteiger partial charge >= 0.3 is 11.8 Å². The van der Waals surface area contributed by atoms with Gasteiger partial charge in [-0.05, 0) is 25.5 Å². The van der Waals surface area contributed by atoms with Gasteiger partial charge in [-0.25, -0.2) is 4.79 Å². The van der Waals surface area contributed by atoms with Gasteiger partial charge in [-0.1, -0.05) is 57.2 Å². The number of ether oxygens (including phenoxy) is 3. The monoisotopic (exact) mass is 352 g/mol. The Morgan fingerprint density at radius 2 is 1.68 bits per heavy atom. The highest BCUT2D eigenvalue weighted by Crippen LogP contribution is 2.26. The van der Waals surface area contributed by atoms with E-state index < -0.39 is 11.8 Å². The van der Waals surface area contributed by atoms with E-state index >= 15 is 0 Å². The van der Waals surface area contributed by atoms with Crippen molar-refractivity contribution in [1.29, 1.82) is 0 Å². The van der Waals surface area contributed by atoms with Crippen LogP contribution >= 0.6 is 0 Å². The normalized spacial score (nSPS) is 13.4. The summed E-state index contributed by atoms with van der Waals surface area (Å²) in [6, 6.07) is 8.97. The predicted molar refractivity (Wildman–Crippen MR) is 97.9 cm³/mol. The molecule has 1 aromatic rings. The molecule has 1 atom stereocenters. The van der Waals surface area contributed by atoms with Crippen LogP contribution in [-0.2, 0) is 14.3 Å². The number of carboxylic acids is 1. The molecule has 0 heterocycles. The molecule has 0 fully saturated rings. The lowest BCUT2D eigenvalue weighted by molar-refractivity contribution is -0.218. The quantitative estimate of drug-likeness (QED) is 0.368. The van der Waals surface area contributed by atoms with Crippen LogP contribution < -0.4 is 4.74 Å². The van der Waals surface area contributed by atoms with Gasteiger partial charge in [0, 0.05) is 13.0 Å². The van der Waals surface area contributed by atoms with E-state index in [0.717, 1.165) is 19.3 Å². The minimum Gasteiger partial charge on any atom is -0.476 e.